The van der Waals surface area contributed by atoms with E-state index in [-0.39, 0.29) is 12.6 Å². The van der Waals surface area contributed by atoms with Crippen LogP contribution in [-0.4, -0.2) is 5.97 Å². The second kappa shape index (κ2) is 6.21. The number of hydrogen-bond donors (Lipinski definition) is 0. The number of ether oxygens (including phenoxy) is 1. The Morgan fingerprint density at radius 1 is 1.21 bits per heavy atom. The molecule has 0 amide bonds. The smallest absolute Gasteiger partial charge is 0.338 e. The molecular weight excluding hydrogens is 304 g/mol. The van der Waals surface area contributed by atoms with Crippen molar-refractivity contribution in [2.45, 2.75) is 6.61 Å². The molecule has 0 spiro atoms. The Kier molecular flexibility index (Phi) is 4.38. The van der Waals surface area contributed by atoms with E-state index in [1.54, 1.807) is 18.2 Å². The molecule has 0 radical (unpaired) electrons. The predicted molar refractivity (Wildman–Crippen MR) is 77.6 cm³/mol. The van der Waals surface area contributed by atoms with Crippen molar-refractivity contribution in [3.05, 3.63) is 69.7 Å². The maximum absolute atomic E-state index is 11.9. The molecule has 0 bridgehead atoms. The fraction of sp³-hybridized carbons (Fsp3) is 0.0625. The van der Waals surface area contributed by atoms with Crippen molar-refractivity contribution in [2.24, 2.45) is 0 Å². The van der Waals surface area contributed by atoms with Gasteiger partial charge >= 0.3 is 5.97 Å². The summed E-state index contributed by atoms with van der Waals surface area (Å²) in [6.07, 6.45) is 5.33. The molecule has 0 heterocycles. The van der Waals surface area contributed by atoms with Gasteiger partial charge in [0.15, 0.2) is 0 Å². The van der Waals surface area contributed by atoms with E-state index in [0.29, 0.717) is 11.1 Å². The predicted octanol–water partition coefficient (Wildman–Crippen LogP) is 3.79. The van der Waals surface area contributed by atoms with Crippen molar-refractivity contribution < 1.29 is 9.53 Å². The Balaban J connectivity index is 2.08. The van der Waals surface area contributed by atoms with E-state index in [2.05, 4.69) is 21.9 Å². The Morgan fingerprint density at radius 3 is 2.63 bits per heavy atom. The average molecular weight is 315 g/mol. The zero-order valence-electron chi connectivity index (χ0n) is 10.1. The molecule has 0 unspecified atom stereocenters. The molecule has 0 aliphatic rings. The quantitative estimate of drug-likeness (QED) is 0.636. The topological polar surface area (TPSA) is 26.3 Å². The maximum Gasteiger partial charge on any atom is 0.338 e. The van der Waals surface area contributed by atoms with Crippen LogP contribution in [0.5, 0.6) is 0 Å². The first kappa shape index (κ1) is 13.4. The highest BCUT2D eigenvalue weighted by molar-refractivity contribution is 9.10. The molecule has 2 aromatic carbocycles. The molecule has 0 N–H and O–H groups in total. The third-order valence-corrected chi connectivity index (χ3v) is 2.97. The zero-order chi connectivity index (χ0) is 13.7. The largest absolute Gasteiger partial charge is 0.457 e. The summed E-state index contributed by atoms with van der Waals surface area (Å²) in [7, 11) is 0. The molecule has 0 saturated heterocycles. The zero-order valence-corrected chi connectivity index (χ0v) is 11.7. The van der Waals surface area contributed by atoms with E-state index < -0.39 is 0 Å². The maximum atomic E-state index is 11.9. The lowest BCUT2D eigenvalue weighted by atomic mass is 10.1. The van der Waals surface area contributed by atoms with E-state index in [0.717, 1.165) is 10.0 Å². The minimum Gasteiger partial charge on any atom is -0.457 e. The fourth-order valence-electron chi connectivity index (χ4n) is 1.60. The van der Waals surface area contributed by atoms with Crippen LogP contribution in [0.25, 0.3) is 0 Å². The lowest BCUT2D eigenvalue weighted by Gasteiger charge is -2.06. The van der Waals surface area contributed by atoms with Gasteiger partial charge in [0.1, 0.15) is 6.61 Å². The number of carbonyl (C=O) groups excluding carboxylic acids is 1. The summed E-state index contributed by atoms with van der Waals surface area (Å²) in [5.41, 5.74) is 2.03. The number of halogens is 1. The summed E-state index contributed by atoms with van der Waals surface area (Å²) in [6.45, 7) is 0.248. The Hall–Kier alpha value is -2.05. The van der Waals surface area contributed by atoms with Crippen LogP contribution in [0.3, 0.4) is 0 Å². The van der Waals surface area contributed by atoms with Crippen LogP contribution in [0.2, 0.25) is 0 Å². The molecule has 0 saturated carbocycles. The first-order valence-electron chi connectivity index (χ1n) is 5.67. The molecule has 94 valence electrons. The summed E-state index contributed by atoms with van der Waals surface area (Å²) >= 11 is 3.31. The van der Waals surface area contributed by atoms with Gasteiger partial charge in [-0.3, -0.25) is 0 Å². The first-order chi connectivity index (χ1) is 9.19. The highest BCUT2D eigenvalue weighted by atomic mass is 79.9. The van der Waals surface area contributed by atoms with E-state index in [9.17, 15) is 4.79 Å². The van der Waals surface area contributed by atoms with Crippen LogP contribution in [0, 0.1) is 12.3 Å². The molecule has 0 aromatic heterocycles. The fourth-order valence-corrected chi connectivity index (χ4v) is 2.09. The summed E-state index contributed by atoms with van der Waals surface area (Å²) in [5.74, 6) is 2.11. The molecule has 0 aliphatic heterocycles. The van der Waals surface area contributed by atoms with Crippen molar-refractivity contribution in [1.82, 2.24) is 0 Å². The van der Waals surface area contributed by atoms with Crippen molar-refractivity contribution in [2.75, 3.05) is 0 Å². The second-order valence-corrected chi connectivity index (χ2v) is 4.85. The Morgan fingerprint density at radius 2 is 1.95 bits per heavy atom. The van der Waals surface area contributed by atoms with Crippen LogP contribution in [0.1, 0.15) is 21.5 Å². The normalized spacial score (nSPS) is 9.68. The van der Waals surface area contributed by atoms with Gasteiger partial charge in [0.2, 0.25) is 0 Å². The van der Waals surface area contributed by atoms with Gasteiger partial charge in [0, 0.05) is 10.0 Å². The second-order valence-electron chi connectivity index (χ2n) is 3.93. The van der Waals surface area contributed by atoms with Gasteiger partial charge in [-0.25, -0.2) is 4.79 Å². The van der Waals surface area contributed by atoms with Gasteiger partial charge in [0.05, 0.1) is 5.56 Å². The molecule has 2 aromatic rings. The van der Waals surface area contributed by atoms with Crippen molar-refractivity contribution >= 4 is 21.9 Å². The molecule has 2 nitrogen and oxygen atoms in total. The van der Waals surface area contributed by atoms with Crippen LogP contribution >= 0.6 is 15.9 Å². The van der Waals surface area contributed by atoms with Crippen molar-refractivity contribution in [3.63, 3.8) is 0 Å². The molecule has 2 rings (SSSR count). The van der Waals surface area contributed by atoms with E-state index in [1.165, 1.54) is 0 Å². The number of esters is 1. The molecule has 0 aliphatic carbocycles. The molecule has 0 atom stereocenters. The van der Waals surface area contributed by atoms with Gasteiger partial charge < -0.3 is 4.74 Å². The summed E-state index contributed by atoms with van der Waals surface area (Å²) in [4.78, 5) is 11.9. The SMILES string of the molecule is C#Cc1cc(Br)cc(C(=O)OCc2ccccc2)c1. The minimum atomic E-state index is -0.387. The van der Waals surface area contributed by atoms with E-state index >= 15 is 0 Å². The number of benzene rings is 2. The average Bonchev–Trinajstić information content (AvgIpc) is 2.45. The highest BCUT2D eigenvalue weighted by Gasteiger charge is 2.09. The van der Waals surface area contributed by atoms with Crippen LogP contribution < -0.4 is 0 Å². The standard InChI is InChI=1S/C16H11BrO2/c1-2-12-8-14(10-15(17)9-12)16(18)19-11-13-6-4-3-5-7-13/h1,3-10H,11H2. The lowest BCUT2D eigenvalue weighted by Crippen LogP contribution is -2.05. The van der Waals surface area contributed by atoms with Crippen molar-refractivity contribution in [3.8, 4) is 12.3 Å². The summed E-state index contributed by atoms with van der Waals surface area (Å²) < 4.78 is 6.00. The third kappa shape index (κ3) is 3.70. The minimum absolute atomic E-state index is 0.248. The van der Waals surface area contributed by atoms with Crippen LogP contribution in [-0.2, 0) is 11.3 Å². The molecule has 3 heteroatoms. The summed E-state index contributed by atoms with van der Waals surface area (Å²) in [5, 5.41) is 0. The van der Waals surface area contributed by atoms with Gasteiger partial charge in [-0.15, -0.1) is 6.42 Å². The van der Waals surface area contributed by atoms with Crippen LogP contribution in [0.15, 0.2) is 53.0 Å². The van der Waals surface area contributed by atoms with Gasteiger partial charge in [0.25, 0.3) is 0 Å². The van der Waals surface area contributed by atoms with E-state index in [1.807, 2.05) is 30.3 Å². The first-order valence-corrected chi connectivity index (χ1v) is 6.46. The Bertz CT molecular complexity index is 627. The third-order valence-electron chi connectivity index (χ3n) is 2.51. The number of hydrogen-bond acceptors (Lipinski definition) is 2. The molecule has 19 heavy (non-hydrogen) atoms. The van der Waals surface area contributed by atoms with Gasteiger partial charge in [-0.1, -0.05) is 52.2 Å². The van der Waals surface area contributed by atoms with Gasteiger partial charge in [-0.05, 0) is 23.8 Å². The number of terminal acetylenes is 1. The van der Waals surface area contributed by atoms with Gasteiger partial charge in [-0.2, -0.15) is 0 Å². The number of rotatable bonds is 3. The monoisotopic (exact) mass is 314 g/mol. The lowest BCUT2D eigenvalue weighted by molar-refractivity contribution is 0.0472. The molecule has 0 fully saturated rings. The van der Waals surface area contributed by atoms with Crippen molar-refractivity contribution in [1.29, 1.82) is 0 Å². The number of carbonyl (C=O) groups is 1. The Labute approximate surface area is 120 Å². The van der Waals surface area contributed by atoms with Crippen LogP contribution in [0.4, 0.5) is 0 Å². The summed E-state index contributed by atoms with van der Waals surface area (Å²) in [6, 6.07) is 14.6. The highest BCUT2D eigenvalue weighted by Crippen LogP contribution is 2.16. The molecular formula is C16H11BrO2. The van der Waals surface area contributed by atoms with E-state index in [4.69, 9.17) is 11.2 Å².